The molecule has 0 spiro atoms. The molecular weight excluding hydrogens is 244 g/mol. The standard InChI is InChI=1S/C11H16N2OS.ClH/c1-9-8-12-4-5-13(9)11(14)7-10-3-2-6-15-10;/h2-3,6,9,12H,4-5,7-8H2,1H3;1H/t9-;/m0./s1. The lowest BCUT2D eigenvalue weighted by molar-refractivity contribution is -0.133. The Morgan fingerprint density at radius 3 is 3.12 bits per heavy atom. The van der Waals surface area contributed by atoms with Crippen molar-refractivity contribution in [2.75, 3.05) is 19.6 Å². The zero-order valence-electron chi connectivity index (χ0n) is 9.31. The second kappa shape index (κ2) is 6.23. The Bertz CT molecular complexity index is 329. The summed E-state index contributed by atoms with van der Waals surface area (Å²) in [5.41, 5.74) is 0. The van der Waals surface area contributed by atoms with E-state index in [0.717, 1.165) is 24.5 Å². The highest BCUT2D eigenvalue weighted by molar-refractivity contribution is 7.10. The van der Waals surface area contributed by atoms with E-state index in [4.69, 9.17) is 0 Å². The average molecular weight is 261 g/mol. The number of nitrogens with zero attached hydrogens (tertiary/aromatic N) is 1. The highest BCUT2D eigenvalue weighted by Crippen LogP contribution is 2.12. The molecule has 16 heavy (non-hydrogen) atoms. The Balaban J connectivity index is 0.00000128. The van der Waals surface area contributed by atoms with Gasteiger partial charge in [0, 0.05) is 30.6 Å². The summed E-state index contributed by atoms with van der Waals surface area (Å²) in [7, 11) is 0. The van der Waals surface area contributed by atoms with Gasteiger partial charge in [-0.25, -0.2) is 0 Å². The topological polar surface area (TPSA) is 32.3 Å². The van der Waals surface area contributed by atoms with Crippen molar-refractivity contribution < 1.29 is 4.79 Å². The van der Waals surface area contributed by atoms with Gasteiger partial charge in [-0.1, -0.05) is 6.07 Å². The second-order valence-electron chi connectivity index (χ2n) is 3.90. The van der Waals surface area contributed by atoms with Crippen LogP contribution in [-0.4, -0.2) is 36.5 Å². The van der Waals surface area contributed by atoms with Crippen molar-refractivity contribution in [1.29, 1.82) is 0 Å². The first kappa shape index (κ1) is 13.5. The minimum absolute atomic E-state index is 0. The number of piperazine rings is 1. The molecule has 90 valence electrons. The maximum atomic E-state index is 12.0. The Morgan fingerprint density at radius 2 is 2.50 bits per heavy atom. The molecule has 0 saturated carbocycles. The molecule has 0 aliphatic carbocycles. The number of halogens is 1. The monoisotopic (exact) mass is 260 g/mol. The van der Waals surface area contributed by atoms with E-state index in [1.54, 1.807) is 11.3 Å². The van der Waals surface area contributed by atoms with Gasteiger partial charge in [0.2, 0.25) is 5.91 Å². The quantitative estimate of drug-likeness (QED) is 0.875. The molecular formula is C11H17ClN2OS. The van der Waals surface area contributed by atoms with Crippen LogP contribution in [0.3, 0.4) is 0 Å². The second-order valence-corrected chi connectivity index (χ2v) is 4.93. The predicted octanol–water partition coefficient (Wildman–Crippen LogP) is 1.53. The van der Waals surface area contributed by atoms with Gasteiger partial charge in [-0.05, 0) is 18.4 Å². The van der Waals surface area contributed by atoms with Crippen LogP contribution in [0.5, 0.6) is 0 Å². The summed E-state index contributed by atoms with van der Waals surface area (Å²) in [5.74, 6) is 0.256. The van der Waals surface area contributed by atoms with Crippen molar-refractivity contribution in [3.63, 3.8) is 0 Å². The van der Waals surface area contributed by atoms with E-state index in [1.807, 2.05) is 22.4 Å². The molecule has 2 rings (SSSR count). The number of rotatable bonds is 2. The van der Waals surface area contributed by atoms with Crippen molar-refractivity contribution in [3.8, 4) is 0 Å². The maximum absolute atomic E-state index is 12.0. The zero-order valence-corrected chi connectivity index (χ0v) is 10.9. The van der Waals surface area contributed by atoms with Crippen LogP contribution in [0.1, 0.15) is 11.8 Å². The van der Waals surface area contributed by atoms with Crippen LogP contribution in [0.15, 0.2) is 17.5 Å². The third-order valence-electron chi connectivity index (χ3n) is 2.73. The molecule has 5 heteroatoms. The number of thiophene rings is 1. The van der Waals surface area contributed by atoms with E-state index >= 15 is 0 Å². The normalized spacial score (nSPS) is 20.3. The lowest BCUT2D eigenvalue weighted by Crippen LogP contribution is -2.52. The van der Waals surface area contributed by atoms with Gasteiger partial charge in [-0.2, -0.15) is 0 Å². The molecule has 0 aromatic carbocycles. The molecule has 1 amide bonds. The highest BCUT2D eigenvalue weighted by atomic mass is 35.5. The van der Waals surface area contributed by atoms with Crippen LogP contribution < -0.4 is 5.32 Å². The fourth-order valence-electron chi connectivity index (χ4n) is 1.88. The molecule has 1 aromatic heterocycles. The van der Waals surface area contributed by atoms with E-state index in [-0.39, 0.29) is 18.3 Å². The molecule has 1 aliphatic rings. The van der Waals surface area contributed by atoms with Gasteiger partial charge in [0.1, 0.15) is 0 Å². The summed E-state index contributed by atoms with van der Waals surface area (Å²) in [5, 5.41) is 5.30. The minimum Gasteiger partial charge on any atom is -0.337 e. The van der Waals surface area contributed by atoms with Gasteiger partial charge in [0.25, 0.3) is 0 Å². The summed E-state index contributed by atoms with van der Waals surface area (Å²) in [4.78, 5) is 15.1. The zero-order chi connectivity index (χ0) is 10.7. The third-order valence-corrected chi connectivity index (χ3v) is 3.60. The maximum Gasteiger partial charge on any atom is 0.228 e. The summed E-state index contributed by atoms with van der Waals surface area (Å²) < 4.78 is 0. The van der Waals surface area contributed by atoms with Crippen LogP contribution >= 0.6 is 23.7 Å². The van der Waals surface area contributed by atoms with E-state index < -0.39 is 0 Å². The van der Waals surface area contributed by atoms with Crippen molar-refractivity contribution in [3.05, 3.63) is 22.4 Å². The van der Waals surface area contributed by atoms with E-state index in [0.29, 0.717) is 12.5 Å². The molecule has 1 fully saturated rings. The lowest BCUT2D eigenvalue weighted by atomic mass is 10.2. The first-order valence-electron chi connectivity index (χ1n) is 5.30. The van der Waals surface area contributed by atoms with Gasteiger partial charge >= 0.3 is 0 Å². The van der Waals surface area contributed by atoms with Crippen molar-refractivity contribution in [2.24, 2.45) is 0 Å². The van der Waals surface area contributed by atoms with Gasteiger partial charge < -0.3 is 10.2 Å². The van der Waals surface area contributed by atoms with E-state index in [9.17, 15) is 4.79 Å². The molecule has 1 N–H and O–H groups in total. The first-order valence-corrected chi connectivity index (χ1v) is 6.18. The average Bonchev–Trinajstić information content (AvgIpc) is 2.71. The predicted molar refractivity (Wildman–Crippen MR) is 69.3 cm³/mol. The Hall–Kier alpha value is -0.580. The fourth-order valence-corrected chi connectivity index (χ4v) is 2.57. The lowest BCUT2D eigenvalue weighted by Gasteiger charge is -2.34. The molecule has 1 atom stereocenters. The van der Waals surface area contributed by atoms with Gasteiger partial charge in [0.15, 0.2) is 0 Å². The van der Waals surface area contributed by atoms with Crippen molar-refractivity contribution >= 4 is 29.7 Å². The molecule has 0 bridgehead atoms. The Morgan fingerprint density at radius 1 is 1.69 bits per heavy atom. The minimum atomic E-state index is 0. The number of carbonyl (C=O) groups is 1. The van der Waals surface area contributed by atoms with Crippen LogP contribution in [0, 0.1) is 0 Å². The summed E-state index contributed by atoms with van der Waals surface area (Å²) >= 11 is 1.65. The summed E-state index contributed by atoms with van der Waals surface area (Å²) in [6, 6.07) is 4.34. The van der Waals surface area contributed by atoms with E-state index in [1.165, 1.54) is 0 Å². The molecule has 0 unspecified atom stereocenters. The smallest absolute Gasteiger partial charge is 0.228 e. The molecule has 1 saturated heterocycles. The largest absolute Gasteiger partial charge is 0.337 e. The number of nitrogens with one attached hydrogen (secondary N) is 1. The van der Waals surface area contributed by atoms with Crippen LogP contribution in [-0.2, 0) is 11.2 Å². The van der Waals surface area contributed by atoms with Crippen molar-refractivity contribution in [2.45, 2.75) is 19.4 Å². The summed E-state index contributed by atoms with van der Waals surface area (Å²) in [6.45, 7) is 4.76. The number of hydrogen-bond acceptors (Lipinski definition) is 3. The molecule has 2 heterocycles. The summed E-state index contributed by atoms with van der Waals surface area (Å²) in [6.07, 6.45) is 0.558. The van der Waals surface area contributed by atoms with Crippen LogP contribution in [0.25, 0.3) is 0 Å². The SMILES string of the molecule is C[C@H]1CNCCN1C(=O)Cc1cccs1.Cl. The number of hydrogen-bond donors (Lipinski definition) is 1. The van der Waals surface area contributed by atoms with Crippen LogP contribution in [0.4, 0.5) is 0 Å². The molecule has 0 radical (unpaired) electrons. The van der Waals surface area contributed by atoms with Gasteiger partial charge in [-0.3, -0.25) is 4.79 Å². The first-order chi connectivity index (χ1) is 7.27. The number of amides is 1. The van der Waals surface area contributed by atoms with Gasteiger partial charge in [-0.15, -0.1) is 23.7 Å². The van der Waals surface area contributed by atoms with Gasteiger partial charge in [0.05, 0.1) is 6.42 Å². The van der Waals surface area contributed by atoms with E-state index in [2.05, 4.69) is 12.2 Å². The molecule has 1 aliphatic heterocycles. The number of carbonyl (C=O) groups excluding carboxylic acids is 1. The molecule has 3 nitrogen and oxygen atoms in total. The highest BCUT2D eigenvalue weighted by Gasteiger charge is 2.22. The third kappa shape index (κ3) is 3.20. The fraction of sp³-hybridized carbons (Fsp3) is 0.545. The van der Waals surface area contributed by atoms with Crippen molar-refractivity contribution in [1.82, 2.24) is 10.2 Å². The Kier molecular flexibility index (Phi) is 5.25. The Labute approximate surface area is 106 Å². The van der Waals surface area contributed by atoms with Crippen LogP contribution in [0.2, 0.25) is 0 Å². The molecule has 1 aromatic rings.